The molecule has 0 saturated heterocycles. The van der Waals surface area contributed by atoms with E-state index in [9.17, 15) is 9.59 Å². The summed E-state index contributed by atoms with van der Waals surface area (Å²) in [5.41, 5.74) is 6.93. The van der Waals surface area contributed by atoms with E-state index in [0.29, 0.717) is 5.69 Å². The predicted molar refractivity (Wildman–Crippen MR) is 62.1 cm³/mol. The van der Waals surface area contributed by atoms with Gasteiger partial charge in [0, 0.05) is 5.69 Å². The van der Waals surface area contributed by atoms with Crippen molar-refractivity contribution >= 4 is 17.6 Å². The molecule has 1 unspecified atom stereocenters. The maximum atomic E-state index is 11.5. The number of hydrogen-bond donors (Lipinski definition) is 1. The largest absolute Gasteiger partial charge is 0.466 e. The monoisotopic (exact) mass is 237 g/mol. The van der Waals surface area contributed by atoms with Crippen molar-refractivity contribution in [2.45, 2.75) is 19.4 Å². The second kappa shape index (κ2) is 5.89. The number of nitrogens with two attached hydrogens (primary N) is 1. The lowest BCUT2D eigenvalue weighted by Crippen LogP contribution is -2.26. The van der Waals surface area contributed by atoms with Crippen molar-refractivity contribution < 1.29 is 19.1 Å². The molecule has 0 radical (unpaired) electrons. The Morgan fingerprint density at radius 1 is 1.29 bits per heavy atom. The zero-order valence-electron chi connectivity index (χ0n) is 9.80. The number of carbonyl (C=O) groups excluding carboxylic acids is 2. The average Bonchev–Trinajstić information content (AvgIpc) is 2.30. The van der Waals surface area contributed by atoms with Crippen molar-refractivity contribution in [3.05, 3.63) is 29.8 Å². The van der Waals surface area contributed by atoms with Crippen molar-refractivity contribution in [3.63, 3.8) is 0 Å². The van der Waals surface area contributed by atoms with Crippen LogP contribution >= 0.6 is 0 Å². The number of methoxy groups -OCH3 is 1. The molecule has 0 bridgehead atoms. The summed E-state index contributed by atoms with van der Waals surface area (Å²) in [5.74, 6) is -1.05. The van der Waals surface area contributed by atoms with Crippen LogP contribution in [-0.4, -0.2) is 25.2 Å². The highest BCUT2D eigenvalue weighted by atomic mass is 16.6. The van der Waals surface area contributed by atoms with E-state index >= 15 is 0 Å². The fraction of sp³-hybridized carbons (Fsp3) is 0.333. The van der Waals surface area contributed by atoms with Crippen LogP contribution in [0.4, 0.5) is 5.69 Å². The van der Waals surface area contributed by atoms with Gasteiger partial charge in [0.15, 0.2) is 6.10 Å². The van der Waals surface area contributed by atoms with Crippen LogP contribution < -0.4 is 5.73 Å². The van der Waals surface area contributed by atoms with Crippen molar-refractivity contribution in [2.75, 3.05) is 12.8 Å². The smallest absolute Gasteiger partial charge is 0.346 e. The number of ether oxygens (including phenoxy) is 2. The lowest BCUT2D eigenvalue weighted by molar-refractivity contribution is -0.164. The standard InChI is InChI=1S/C12H15NO4/c1-8(12(15)16-2)17-11(14)7-9-3-5-10(13)6-4-9/h3-6,8H,7,13H2,1-2H3. The molecular weight excluding hydrogens is 222 g/mol. The van der Waals surface area contributed by atoms with Gasteiger partial charge in [-0.1, -0.05) is 12.1 Å². The molecule has 0 aliphatic carbocycles. The van der Waals surface area contributed by atoms with E-state index < -0.39 is 18.0 Å². The molecule has 0 heterocycles. The van der Waals surface area contributed by atoms with Crippen LogP contribution in [0, 0.1) is 0 Å². The van der Waals surface area contributed by atoms with Crippen molar-refractivity contribution in [3.8, 4) is 0 Å². The molecule has 2 N–H and O–H groups in total. The predicted octanol–water partition coefficient (Wildman–Crippen LogP) is 0.916. The van der Waals surface area contributed by atoms with E-state index in [1.165, 1.54) is 14.0 Å². The number of anilines is 1. The molecule has 92 valence electrons. The van der Waals surface area contributed by atoms with Crippen LogP contribution in [0.15, 0.2) is 24.3 Å². The van der Waals surface area contributed by atoms with Gasteiger partial charge in [0.1, 0.15) is 0 Å². The Bertz CT molecular complexity index is 399. The molecule has 0 aliphatic rings. The van der Waals surface area contributed by atoms with Gasteiger partial charge in [-0.2, -0.15) is 0 Å². The van der Waals surface area contributed by atoms with Gasteiger partial charge >= 0.3 is 11.9 Å². The molecule has 0 saturated carbocycles. The first kappa shape index (κ1) is 13.0. The van der Waals surface area contributed by atoms with Gasteiger partial charge in [-0.15, -0.1) is 0 Å². The maximum Gasteiger partial charge on any atom is 0.346 e. The summed E-state index contributed by atoms with van der Waals surface area (Å²) in [7, 11) is 1.24. The highest BCUT2D eigenvalue weighted by Gasteiger charge is 2.17. The Morgan fingerprint density at radius 2 is 1.88 bits per heavy atom. The zero-order chi connectivity index (χ0) is 12.8. The summed E-state index contributed by atoms with van der Waals surface area (Å²) >= 11 is 0. The van der Waals surface area contributed by atoms with Gasteiger partial charge in [0.25, 0.3) is 0 Å². The maximum absolute atomic E-state index is 11.5. The Morgan fingerprint density at radius 3 is 2.41 bits per heavy atom. The average molecular weight is 237 g/mol. The second-order valence-electron chi connectivity index (χ2n) is 3.57. The van der Waals surface area contributed by atoms with E-state index in [4.69, 9.17) is 10.5 Å². The summed E-state index contributed by atoms with van der Waals surface area (Å²) in [6, 6.07) is 6.87. The number of rotatable bonds is 4. The fourth-order valence-corrected chi connectivity index (χ4v) is 1.26. The number of carbonyl (C=O) groups is 2. The topological polar surface area (TPSA) is 78.6 Å². The molecule has 0 spiro atoms. The Hall–Kier alpha value is -2.04. The highest BCUT2D eigenvalue weighted by Crippen LogP contribution is 2.07. The molecule has 5 heteroatoms. The van der Waals surface area contributed by atoms with Gasteiger partial charge < -0.3 is 15.2 Å². The molecule has 1 aromatic carbocycles. The Balaban J connectivity index is 2.50. The molecule has 0 amide bonds. The summed E-state index contributed by atoms with van der Waals surface area (Å²) in [4.78, 5) is 22.5. The van der Waals surface area contributed by atoms with Crippen molar-refractivity contribution in [1.82, 2.24) is 0 Å². The summed E-state index contributed by atoms with van der Waals surface area (Å²) in [5, 5.41) is 0. The second-order valence-corrected chi connectivity index (χ2v) is 3.57. The summed E-state index contributed by atoms with van der Waals surface area (Å²) in [6.45, 7) is 1.46. The van der Waals surface area contributed by atoms with Gasteiger partial charge in [-0.3, -0.25) is 4.79 Å². The lowest BCUT2D eigenvalue weighted by atomic mass is 10.1. The molecule has 0 fully saturated rings. The van der Waals surface area contributed by atoms with Crippen LogP contribution in [0.5, 0.6) is 0 Å². The first-order valence-corrected chi connectivity index (χ1v) is 5.14. The number of esters is 2. The van der Waals surface area contributed by atoms with E-state index in [1.54, 1.807) is 24.3 Å². The first-order valence-electron chi connectivity index (χ1n) is 5.14. The minimum absolute atomic E-state index is 0.0988. The van der Waals surface area contributed by atoms with Crippen LogP contribution in [0.3, 0.4) is 0 Å². The van der Waals surface area contributed by atoms with Crippen LogP contribution in [0.2, 0.25) is 0 Å². The van der Waals surface area contributed by atoms with Gasteiger partial charge in [0.05, 0.1) is 13.5 Å². The number of hydrogen-bond acceptors (Lipinski definition) is 5. The molecule has 5 nitrogen and oxygen atoms in total. The normalized spacial score (nSPS) is 11.6. The number of benzene rings is 1. The number of nitrogen functional groups attached to an aromatic ring is 1. The van der Waals surface area contributed by atoms with E-state index in [2.05, 4.69) is 4.74 Å². The first-order chi connectivity index (χ1) is 8.02. The highest BCUT2D eigenvalue weighted by molar-refractivity contribution is 5.80. The quantitative estimate of drug-likeness (QED) is 0.622. The van der Waals surface area contributed by atoms with E-state index in [1.807, 2.05) is 0 Å². The Kier molecular flexibility index (Phi) is 4.51. The third-order valence-corrected chi connectivity index (χ3v) is 2.17. The van der Waals surface area contributed by atoms with Crippen molar-refractivity contribution in [1.29, 1.82) is 0 Å². The summed E-state index contributed by atoms with van der Waals surface area (Å²) in [6.07, 6.45) is -0.789. The molecule has 0 aliphatic heterocycles. The SMILES string of the molecule is COC(=O)C(C)OC(=O)Cc1ccc(N)cc1. The molecule has 0 aromatic heterocycles. The molecule has 1 rings (SSSR count). The molecule has 17 heavy (non-hydrogen) atoms. The van der Waals surface area contributed by atoms with E-state index in [-0.39, 0.29) is 6.42 Å². The van der Waals surface area contributed by atoms with Crippen LogP contribution in [0.1, 0.15) is 12.5 Å². The third kappa shape index (κ3) is 4.14. The fourth-order valence-electron chi connectivity index (χ4n) is 1.26. The molecular formula is C12H15NO4. The minimum atomic E-state index is -0.888. The van der Waals surface area contributed by atoms with E-state index in [0.717, 1.165) is 5.56 Å². The minimum Gasteiger partial charge on any atom is -0.466 e. The zero-order valence-corrected chi connectivity index (χ0v) is 9.80. The molecule has 1 atom stereocenters. The Labute approximate surface area is 99.5 Å². The van der Waals surface area contributed by atoms with Gasteiger partial charge in [0.2, 0.25) is 0 Å². The van der Waals surface area contributed by atoms with Crippen LogP contribution in [-0.2, 0) is 25.5 Å². The summed E-state index contributed by atoms with van der Waals surface area (Å²) < 4.78 is 9.34. The van der Waals surface area contributed by atoms with Gasteiger partial charge in [-0.25, -0.2) is 4.79 Å². The lowest BCUT2D eigenvalue weighted by Gasteiger charge is -2.10. The third-order valence-electron chi connectivity index (χ3n) is 2.17. The van der Waals surface area contributed by atoms with Gasteiger partial charge in [-0.05, 0) is 24.6 Å². The molecule has 1 aromatic rings. The van der Waals surface area contributed by atoms with Crippen LogP contribution in [0.25, 0.3) is 0 Å². The van der Waals surface area contributed by atoms with Crippen molar-refractivity contribution in [2.24, 2.45) is 0 Å².